The molecule has 0 rings (SSSR count). The average molecular weight is 1030 g/mol. The van der Waals surface area contributed by atoms with Gasteiger partial charge in [0.2, 0.25) is 0 Å². The normalized spacial score (nSPS) is 12.9. The van der Waals surface area contributed by atoms with Crippen LogP contribution >= 0.6 is 0 Å². The summed E-state index contributed by atoms with van der Waals surface area (Å²) in [5.41, 5.74) is 0. The van der Waals surface area contributed by atoms with Gasteiger partial charge < -0.3 is 14.6 Å². The number of aliphatic hydroxyl groups excluding tert-OH is 1. The lowest BCUT2D eigenvalue weighted by Gasteiger charge is -2.15. The maximum Gasteiger partial charge on any atom is 0.306 e. The zero-order valence-electron chi connectivity index (χ0n) is 48.8. The highest BCUT2D eigenvalue weighted by molar-refractivity contribution is 5.70. The molecule has 5 nitrogen and oxygen atoms in total. The SMILES string of the molecule is CC/C=C\C/C=C\C/C=C\C/C=C\C/C=C\C/C=C\CCCCC(=O)OC(CO)COC(=O)CCCCCCCCCCCCCCCCCCCCCCCCCCCCC/C=C\C/C=C\CCCCCCC. The van der Waals surface area contributed by atoms with Crippen molar-refractivity contribution < 1.29 is 24.2 Å². The van der Waals surface area contributed by atoms with Gasteiger partial charge in [0, 0.05) is 12.8 Å². The highest BCUT2D eigenvalue weighted by Crippen LogP contribution is 2.17. The Labute approximate surface area is 459 Å². The van der Waals surface area contributed by atoms with Gasteiger partial charge in [-0.2, -0.15) is 0 Å². The number of allylic oxidation sites excluding steroid dienone is 16. The van der Waals surface area contributed by atoms with Gasteiger partial charge in [-0.05, 0) is 96.3 Å². The Hall–Kier alpha value is -3.18. The summed E-state index contributed by atoms with van der Waals surface area (Å²) in [6.07, 6.45) is 91.4. The molecule has 1 atom stereocenters. The van der Waals surface area contributed by atoms with Crippen molar-refractivity contribution in [2.45, 2.75) is 315 Å². The van der Waals surface area contributed by atoms with E-state index in [0.717, 1.165) is 83.5 Å². The van der Waals surface area contributed by atoms with E-state index >= 15 is 0 Å². The molecule has 1 N–H and O–H groups in total. The monoisotopic (exact) mass is 1030 g/mol. The summed E-state index contributed by atoms with van der Waals surface area (Å²) in [4.78, 5) is 24.5. The van der Waals surface area contributed by atoms with E-state index in [2.05, 4.69) is 111 Å². The van der Waals surface area contributed by atoms with E-state index in [1.807, 2.05) is 0 Å². The summed E-state index contributed by atoms with van der Waals surface area (Å²) in [7, 11) is 0. The molecule has 0 saturated heterocycles. The molecule has 5 heteroatoms. The minimum atomic E-state index is -0.800. The largest absolute Gasteiger partial charge is 0.462 e. The molecule has 0 amide bonds. The van der Waals surface area contributed by atoms with Crippen LogP contribution in [0.3, 0.4) is 0 Å². The molecule has 0 radical (unpaired) electrons. The molecule has 426 valence electrons. The molecular weight excluding hydrogens is 909 g/mol. The molecule has 0 spiro atoms. The number of rotatable bonds is 58. The van der Waals surface area contributed by atoms with Crippen LogP contribution in [-0.2, 0) is 19.1 Å². The van der Waals surface area contributed by atoms with E-state index in [1.165, 1.54) is 199 Å². The van der Waals surface area contributed by atoms with Crippen LogP contribution in [0.15, 0.2) is 97.2 Å². The highest BCUT2D eigenvalue weighted by atomic mass is 16.6. The molecule has 0 bridgehead atoms. The van der Waals surface area contributed by atoms with Crippen LogP contribution in [-0.4, -0.2) is 36.4 Å². The Morgan fingerprint density at radius 3 is 0.905 bits per heavy atom. The van der Waals surface area contributed by atoms with Gasteiger partial charge in [-0.1, -0.05) is 297 Å². The zero-order valence-corrected chi connectivity index (χ0v) is 48.8. The zero-order chi connectivity index (χ0) is 53.4. The Balaban J connectivity index is 3.45. The molecule has 0 aliphatic rings. The Morgan fingerprint density at radius 2 is 0.581 bits per heavy atom. The van der Waals surface area contributed by atoms with E-state index in [1.54, 1.807) is 0 Å². The summed E-state index contributed by atoms with van der Waals surface area (Å²) in [6, 6.07) is 0. The smallest absolute Gasteiger partial charge is 0.306 e. The first-order valence-corrected chi connectivity index (χ1v) is 31.8. The van der Waals surface area contributed by atoms with Gasteiger partial charge in [-0.15, -0.1) is 0 Å². The molecule has 0 aliphatic heterocycles. The molecule has 0 heterocycles. The number of hydrogen-bond acceptors (Lipinski definition) is 5. The van der Waals surface area contributed by atoms with Crippen LogP contribution in [0.2, 0.25) is 0 Å². The van der Waals surface area contributed by atoms with E-state index in [-0.39, 0.29) is 25.2 Å². The standard InChI is InChI=1S/C69H120O5/c1-3-5-7-9-11-13-15-17-19-21-23-25-26-27-28-29-30-31-32-33-34-35-36-37-38-39-40-41-42-44-45-47-49-51-53-55-57-59-61-63-68(71)73-66-67(65-70)74-69(72)64-62-60-58-56-54-52-50-48-46-43-24-22-20-18-16-14-12-10-8-6-4-2/h6,8,12,14-15,17-18,20-21,23-24,43,48,50,54,56,67,70H,3-5,7,9-11,13,16,19,22,25-42,44-47,49,51-53,55,57-66H2,1-2H3/b8-6-,14-12-,17-15-,20-18-,23-21-,43-24-,50-48-,56-54-. The number of carbonyl (C=O) groups excluding carboxylic acids is 2. The Bertz CT molecular complexity index is 1400. The summed E-state index contributed by atoms with van der Waals surface area (Å²) < 4.78 is 10.7. The van der Waals surface area contributed by atoms with Crippen LogP contribution in [0.4, 0.5) is 0 Å². The van der Waals surface area contributed by atoms with E-state index in [9.17, 15) is 14.7 Å². The molecule has 0 saturated carbocycles. The first kappa shape index (κ1) is 70.8. The molecular formula is C69H120O5. The first-order chi connectivity index (χ1) is 36.6. The Morgan fingerprint density at radius 1 is 0.324 bits per heavy atom. The van der Waals surface area contributed by atoms with Gasteiger partial charge in [0.1, 0.15) is 6.61 Å². The first-order valence-electron chi connectivity index (χ1n) is 31.8. The van der Waals surface area contributed by atoms with Gasteiger partial charge in [0.15, 0.2) is 6.10 Å². The van der Waals surface area contributed by atoms with Gasteiger partial charge in [0.25, 0.3) is 0 Å². The van der Waals surface area contributed by atoms with Gasteiger partial charge in [-0.25, -0.2) is 0 Å². The number of unbranched alkanes of at least 4 members (excludes halogenated alkanes) is 34. The summed E-state index contributed by atoms with van der Waals surface area (Å²) in [5, 5.41) is 9.65. The topological polar surface area (TPSA) is 72.8 Å². The minimum absolute atomic E-state index is 0.0856. The number of carbonyl (C=O) groups is 2. The van der Waals surface area contributed by atoms with E-state index < -0.39 is 6.10 Å². The van der Waals surface area contributed by atoms with Gasteiger partial charge in [0.05, 0.1) is 6.61 Å². The lowest BCUT2D eigenvalue weighted by atomic mass is 10.0. The van der Waals surface area contributed by atoms with Crippen molar-refractivity contribution >= 4 is 11.9 Å². The fourth-order valence-corrected chi connectivity index (χ4v) is 9.12. The molecule has 0 aliphatic carbocycles. The predicted molar refractivity (Wildman–Crippen MR) is 325 cm³/mol. The van der Waals surface area contributed by atoms with Crippen molar-refractivity contribution in [3.8, 4) is 0 Å². The number of ether oxygens (including phenoxy) is 2. The summed E-state index contributed by atoms with van der Waals surface area (Å²) in [5.74, 6) is -0.635. The third-order valence-electron chi connectivity index (χ3n) is 13.9. The van der Waals surface area contributed by atoms with Crippen molar-refractivity contribution in [3.05, 3.63) is 97.2 Å². The maximum absolute atomic E-state index is 12.3. The van der Waals surface area contributed by atoms with Crippen LogP contribution in [0.1, 0.15) is 309 Å². The van der Waals surface area contributed by atoms with Gasteiger partial charge in [-0.3, -0.25) is 9.59 Å². The average Bonchev–Trinajstić information content (AvgIpc) is 3.40. The molecule has 0 aromatic rings. The molecule has 0 aromatic carbocycles. The second-order valence-electron chi connectivity index (χ2n) is 21.1. The van der Waals surface area contributed by atoms with Gasteiger partial charge >= 0.3 is 11.9 Å². The van der Waals surface area contributed by atoms with Crippen LogP contribution in [0.5, 0.6) is 0 Å². The lowest BCUT2D eigenvalue weighted by molar-refractivity contribution is -0.161. The molecule has 0 aromatic heterocycles. The van der Waals surface area contributed by atoms with Crippen LogP contribution in [0, 0.1) is 0 Å². The van der Waals surface area contributed by atoms with Crippen molar-refractivity contribution in [1.82, 2.24) is 0 Å². The van der Waals surface area contributed by atoms with Crippen LogP contribution in [0.25, 0.3) is 0 Å². The summed E-state index contributed by atoms with van der Waals surface area (Å²) in [6.45, 7) is 4.00. The molecule has 0 fully saturated rings. The third kappa shape index (κ3) is 61.4. The molecule has 74 heavy (non-hydrogen) atoms. The highest BCUT2D eigenvalue weighted by Gasteiger charge is 2.16. The van der Waals surface area contributed by atoms with E-state index in [0.29, 0.717) is 12.8 Å². The van der Waals surface area contributed by atoms with Crippen LogP contribution < -0.4 is 0 Å². The lowest BCUT2D eigenvalue weighted by Crippen LogP contribution is -2.28. The third-order valence-corrected chi connectivity index (χ3v) is 13.9. The second-order valence-corrected chi connectivity index (χ2v) is 21.1. The number of hydrogen-bond donors (Lipinski definition) is 1. The second kappa shape index (κ2) is 64.1. The van der Waals surface area contributed by atoms with E-state index in [4.69, 9.17) is 9.47 Å². The van der Waals surface area contributed by atoms with Crippen molar-refractivity contribution in [1.29, 1.82) is 0 Å². The fourth-order valence-electron chi connectivity index (χ4n) is 9.12. The maximum atomic E-state index is 12.3. The number of aliphatic hydroxyl groups is 1. The summed E-state index contributed by atoms with van der Waals surface area (Å²) >= 11 is 0. The quantitative estimate of drug-likeness (QED) is 0.0373. The fraction of sp³-hybridized carbons (Fsp3) is 0.739. The van der Waals surface area contributed by atoms with Crippen molar-refractivity contribution in [3.63, 3.8) is 0 Å². The molecule has 1 unspecified atom stereocenters. The predicted octanol–water partition coefficient (Wildman–Crippen LogP) is 21.9. The number of esters is 2. The van der Waals surface area contributed by atoms with Crippen molar-refractivity contribution in [2.75, 3.05) is 13.2 Å². The minimum Gasteiger partial charge on any atom is -0.462 e. The Kier molecular flexibility index (Phi) is 61.4. The van der Waals surface area contributed by atoms with Crippen molar-refractivity contribution in [2.24, 2.45) is 0 Å².